The van der Waals surface area contributed by atoms with Crippen LogP contribution in [0.25, 0.3) is 11.1 Å². The number of methoxy groups -OCH3 is 1. The fourth-order valence-electron chi connectivity index (χ4n) is 1.98. The van der Waals surface area contributed by atoms with Crippen LogP contribution in [0.1, 0.15) is 5.56 Å². The van der Waals surface area contributed by atoms with E-state index < -0.39 is 11.7 Å². The molecule has 2 rings (SSSR count). The Kier molecular flexibility index (Phi) is 4.61. The molecule has 1 nitrogen and oxygen atoms in total. The topological polar surface area (TPSA) is 9.23 Å². The summed E-state index contributed by atoms with van der Waals surface area (Å²) in [6, 6.07) is 6.73. The Morgan fingerprint density at radius 1 is 0.952 bits per heavy atom. The first-order valence-corrected chi connectivity index (χ1v) is 6.78. The predicted molar refractivity (Wildman–Crippen MR) is 78.5 cm³/mol. The molecule has 0 aliphatic heterocycles. The van der Waals surface area contributed by atoms with Gasteiger partial charge in [-0.1, -0.05) is 46.9 Å². The van der Waals surface area contributed by atoms with Crippen LogP contribution in [0.15, 0.2) is 30.3 Å². The molecule has 0 radical (unpaired) electrons. The largest absolute Gasteiger partial charge is 0.496 e. The summed E-state index contributed by atoms with van der Waals surface area (Å²) in [4.78, 5) is 0. The molecule has 2 aromatic rings. The van der Waals surface area contributed by atoms with Gasteiger partial charge in [0.25, 0.3) is 0 Å². The summed E-state index contributed by atoms with van der Waals surface area (Å²) in [5, 5.41) is 0.151. The Labute approximate surface area is 134 Å². The van der Waals surface area contributed by atoms with Gasteiger partial charge in [-0.15, -0.1) is 0 Å². The number of benzene rings is 2. The van der Waals surface area contributed by atoms with Gasteiger partial charge < -0.3 is 4.74 Å². The number of hydrogen-bond acceptors (Lipinski definition) is 1. The first-order valence-electron chi connectivity index (χ1n) is 5.65. The van der Waals surface area contributed by atoms with Crippen molar-refractivity contribution in [2.75, 3.05) is 7.11 Å². The summed E-state index contributed by atoms with van der Waals surface area (Å²) in [6.45, 7) is 0. The van der Waals surface area contributed by atoms with Crippen molar-refractivity contribution in [3.8, 4) is 16.9 Å². The lowest BCUT2D eigenvalue weighted by Crippen LogP contribution is -2.10. The standard InChI is InChI=1S/C14H8Cl3F3O/c1-21-10-4-2-3-7(12(10)14(18,19)20)11-8(15)5-6-9(16)13(11)17/h2-6H,1H3. The molecule has 0 amide bonds. The second-order valence-corrected chi connectivity index (χ2v) is 5.29. The summed E-state index contributed by atoms with van der Waals surface area (Å²) in [6.07, 6.45) is -4.63. The van der Waals surface area contributed by atoms with Crippen molar-refractivity contribution in [2.45, 2.75) is 6.18 Å². The molecular weight excluding hydrogens is 348 g/mol. The molecule has 0 N–H and O–H groups in total. The average molecular weight is 356 g/mol. The molecule has 0 aliphatic carbocycles. The van der Waals surface area contributed by atoms with Gasteiger partial charge in [-0.3, -0.25) is 0 Å². The highest BCUT2D eigenvalue weighted by Crippen LogP contribution is 2.47. The van der Waals surface area contributed by atoms with E-state index in [2.05, 4.69) is 0 Å². The van der Waals surface area contributed by atoms with Gasteiger partial charge in [0.15, 0.2) is 0 Å². The van der Waals surface area contributed by atoms with Gasteiger partial charge in [0, 0.05) is 11.1 Å². The van der Waals surface area contributed by atoms with E-state index in [1.54, 1.807) is 0 Å². The zero-order chi connectivity index (χ0) is 15.8. The normalized spacial score (nSPS) is 11.6. The molecule has 21 heavy (non-hydrogen) atoms. The zero-order valence-electron chi connectivity index (χ0n) is 10.6. The van der Waals surface area contributed by atoms with Crippen LogP contribution in [0, 0.1) is 0 Å². The smallest absolute Gasteiger partial charge is 0.420 e. The van der Waals surface area contributed by atoms with Crippen LogP contribution in [0.3, 0.4) is 0 Å². The van der Waals surface area contributed by atoms with Crippen LogP contribution in [-0.2, 0) is 6.18 Å². The van der Waals surface area contributed by atoms with Crippen LogP contribution in [0.4, 0.5) is 13.2 Å². The maximum atomic E-state index is 13.3. The third kappa shape index (κ3) is 3.07. The molecule has 0 bridgehead atoms. The quantitative estimate of drug-likeness (QED) is 0.571. The summed E-state index contributed by atoms with van der Waals surface area (Å²) in [5.41, 5.74) is -1.10. The lowest BCUT2D eigenvalue weighted by molar-refractivity contribution is -0.138. The van der Waals surface area contributed by atoms with Crippen molar-refractivity contribution in [1.29, 1.82) is 0 Å². The van der Waals surface area contributed by atoms with Crippen LogP contribution in [0.5, 0.6) is 5.75 Å². The Morgan fingerprint density at radius 3 is 2.14 bits per heavy atom. The Balaban J connectivity index is 2.86. The van der Waals surface area contributed by atoms with Crippen molar-refractivity contribution < 1.29 is 17.9 Å². The van der Waals surface area contributed by atoms with Gasteiger partial charge in [-0.05, 0) is 18.2 Å². The number of hydrogen-bond donors (Lipinski definition) is 0. The SMILES string of the molecule is COc1cccc(-c2c(Cl)ccc(Cl)c2Cl)c1C(F)(F)F. The van der Waals surface area contributed by atoms with Gasteiger partial charge in [-0.25, -0.2) is 0 Å². The molecule has 0 spiro atoms. The van der Waals surface area contributed by atoms with E-state index >= 15 is 0 Å². The van der Waals surface area contributed by atoms with E-state index in [1.165, 1.54) is 30.3 Å². The molecule has 2 aromatic carbocycles. The Hall–Kier alpha value is -1.10. The maximum Gasteiger partial charge on any atom is 0.420 e. The number of ether oxygens (including phenoxy) is 1. The molecule has 0 aliphatic rings. The van der Waals surface area contributed by atoms with Crippen molar-refractivity contribution >= 4 is 34.8 Å². The number of halogens is 6. The fourth-order valence-corrected chi connectivity index (χ4v) is 2.71. The average Bonchev–Trinajstić information content (AvgIpc) is 2.42. The lowest BCUT2D eigenvalue weighted by Gasteiger charge is -2.18. The highest BCUT2D eigenvalue weighted by molar-refractivity contribution is 6.46. The maximum absolute atomic E-state index is 13.3. The summed E-state index contributed by atoms with van der Waals surface area (Å²) in [7, 11) is 1.16. The minimum Gasteiger partial charge on any atom is -0.496 e. The molecule has 0 fully saturated rings. The first-order chi connectivity index (χ1) is 9.77. The molecule has 7 heteroatoms. The second kappa shape index (κ2) is 5.95. The van der Waals surface area contributed by atoms with Crippen molar-refractivity contribution in [3.63, 3.8) is 0 Å². The summed E-state index contributed by atoms with van der Waals surface area (Å²) in [5.74, 6) is -0.313. The summed E-state index contributed by atoms with van der Waals surface area (Å²) >= 11 is 17.9. The van der Waals surface area contributed by atoms with Gasteiger partial charge >= 0.3 is 6.18 Å². The molecular formula is C14H8Cl3F3O. The van der Waals surface area contributed by atoms with Gasteiger partial charge in [0.2, 0.25) is 0 Å². The van der Waals surface area contributed by atoms with Crippen molar-refractivity contribution in [2.24, 2.45) is 0 Å². The summed E-state index contributed by atoms with van der Waals surface area (Å²) < 4.78 is 44.8. The fraction of sp³-hybridized carbons (Fsp3) is 0.143. The first kappa shape index (κ1) is 16.3. The lowest BCUT2D eigenvalue weighted by atomic mass is 9.98. The molecule has 0 saturated heterocycles. The number of rotatable bonds is 2. The predicted octanol–water partition coefficient (Wildman–Crippen LogP) is 6.34. The van der Waals surface area contributed by atoms with E-state index in [0.717, 1.165) is 7.11 Å². The van der Waals surface area contributed by atoms with E-state index in [9.17, 15) is 13.2 Å². The second-order valence-electron chi connectivity index (χ2n) is 4.10. The van der Waals surface area contributed by atoms with E-state index in [0.29, 0.717) is 0 Å². The van der Waals surface area contributed by atoms with Crippen LogP contribution in [-0.4, -0.2) is 7.11 Å². The molecule has 0 atom stereocenters. The van der Waals surface area contributed by atoms with Gasteiger partial charge in [0.1, 0.15) is 11.3 Å². The molecule has 0 aromatic heterocycles. The molecule has 0 heterocycles. The zero-order valence-corrected chi connectivity index (χ0v) is 12.8. The van der Waals surface area contributed by atoms with Crippen molar-refractivity contribution in [1.82, 2.24) is 0 Å². The molecule has 112 valence electrons. The third-order valence-corrected chi connectivity index (χ3v) is 3.96. The third-order valence-electron chi connectivity index (χ3n) is 2.84. The minimum atomic E-state index is -4.63. The van der Waals surface area contributed by atoms with Crippen LogP contribution < -0.4 is 4.74 Å². The molecule has 0 saturated carbocycles. The van der Waals surface area contributed by atoms with E-state index in [4.69, 9.17) is 39.5 Å². The highest BCUT2D eigenvalue weighted by atomic mass is 35.5. The molecule has 0 unspecified atom stereocenters. The Morgan fingerprint density at radius 2 is 1.57 bits per heavy atom. The van der Waals surface area contributed by atoms with Crippen molar-refractivity contribution in [3.05, 3.63) is 51.0 Å². The highest BCUT2D eigenvalue weighted by Gasteiger charge is 2.38. The Bertz CT molecular complexity index is 684. The van der Waals surface area contributed by atoms with Gasteiger partial charge in [0.05, 0.1) is 22.2 Å². The monoisotopic (exact) mass is 354 g/mol. The van der Waals surface area contributed by atoms with Gasteiger partial charge in [-0.2, -0.15) is 13.2 Å². The van der Waals surface area contributed by atoms with Crippen LogP contribution in [0.2, 0.25) is 15.1 Å². The van der Waals surface area contributed by atoms with Crippen LogP contribution >= 0.6 is 34.8 Å². The minimum absolute atomic E-state index is 0.0251. The van der Waals surface area contributed by atoms with E-state index in [-0.39, 0.29) is 31.9 Å². The van der Waals surface area contributed by atoms with E-state index in [1.807, 2.05) is 0 Å². The number of alkyl halides is 3.